The Kier molecular flexibility index (Phi) is 8.66. The van der Waals surface area contributed by atoms with Crippen LogP contribution in [-0.2, 0) is 14.8 Å². The Bertz CT molecular complexity index is 1180. The maximum atomic E-state index is 13.4. The zero-order chi connectivity index (χ0) is 23.8. The van der Waals surface area contributed by atoms with E-state index in [0.717, 1.165) is 9.20 Å². The Morgan fingerprint density at radius 2 is 1.76 bits per heavy atom. The van der Waals surface area contributed by atoms with E-state index in [1.807, 2.05) is 31.2 Å². The Morgan fingerprint density at radius 3 is 2.39 bits per heavy atom. The highest BCUT2D eigenvalue weighted by molar-refractivity contribution is 7.99. The van der Waals surface area contributed by atoms with Gasteiger partial charge in [-0.05, 0) is 61.5 Å². The van der Waals surface area contributed by atoms with Crippen LogP contribution in [0.5, 0.6) is 5.75 Å². The van der Waals surface area contributed by atoms with Crippen LogP contribution in [0.15, 0.2) is 82.6 Å². The van der Waals surface area contributed by atoms with Gasteiger partial charge < -0.3 is 10.1 Å². The van der Waals surface area contributed by atoms with Gasteiger partial charge in [-0.15, -0.1) is 11.8 Å². The number of nitrogens with one attached hydrogen (secondary N) is 1. The van der Waals surface area contributed by atoms with Crippen molar-refractivity contribution in [1.29, 1.82) is 0 Å². The third-order valence-corrected chi connectivity index (χ3v) is 7.78. The van der Waals surface area contributed by atoms with Crippen molar-refractivity contribution in [1.82, 2.24) is 5.32 Å². The molecule has 0 aromatic heterocycles. The first-order valence-corrected chi connectivity index (χ1v) is 13.0. The molecule has 0 spiro atoms. The van der Waals surface area contributed by atoms with Gasteiger partial charge in [-0.3, -0.25) is 9.10 Å². The number of sulfonamides is 1. The van der Waals surface area contributed by atoms with Crippen LogP contribution in [0.1, 0.15) is 5.56 Å². The molecule has 0 unspecified atom stereocenters. The quantitative estimate of drug-likeness (QED) is 0.318. The summed E-state index contributed by atoms with van der Waals surface area (Å²) in [7, 11) is -2.51. The summed E-state index contributed by atoms with van der Waals surface area (Å²) in [6.45, 7) is 2.06. The smallest absolute Gasteiger partial charge is 0.264 e. The summed E-state index contributed by atoms with van der Waals surface area (Å²) in [6.07, 6.45) is 0. The van der Waals surface area contributed by atoms with E-state index in [2.05, 4.69) is 5.32 Å². The fourth-order valence-electron chi connectivity index (χ4n) is 3.00. The lowest BCUT2D eigenvalue weighted by Gasteiger charge is -2.24. The second-order valence-corrected chi connectivity index (χ2v) is 10.6. The molecule has 0 bridgehead atoms. The fraction of sp³-hybridized carbons (Fsp3) is 0.208. The molecule has 3 aromatic carbocycles. The van der Waals surface area contributed by atoms with Gasteiger partial charge in [0.1, 0.15) is 12.3 Å². The molecule has 3 rings (SSSR count). The largest absolute Gasteiger partial charge is 0.497 e. The van der Waals surface area contributed by atoms with Gasteiger partial charge in [-0.2, -0.15) is 0 Å². The zero-order valence-corrected chi connectivity index (χ0v) is 20.7. The molecule has 0 saturated heterocycles. The van der Waals surface area contributed by atoms with Crippen molar-refractivity contribution in [2.24, 2.45) is 0 Å². The number of carbonyl (C=O) groups excluding carboxylic acids is 1. The number of aryl methyl sites for hydroxylation is 1. The highest BCUT2D eigenvalue weighted by Gasteiger charge is 2.27. The standard InChI is InChI=1S/C24H25ClN2O4S2/c1-18-6-10-22(11-7-18)32-15-14-26-24(28)17-27(20-5-3-4-19(25)16-20)33(29,30)23-12-8-21(31-2)9-13-23/h3-13,16H,14-15,17H2,1-2H3,(H,26,28). The lowest BCUT2D eigenvalue weighted by Crippen LogP contribution is -2.41. The number of carbonyl (C=O) groups is 1. The molecule has 0 aliphatic carbocycles. The normalized spacial score (nSPS) is 11.1. The second kappa shape index (κ2) is 11.4. The van der Waals surface area contributed by atoms with Crippen LogP contribution in [0.4, 0.5) is 5.69 Å². The van der Waals surface area contributed by atoms with Gasteiger partial charge in [0, 0.05) is 22.2 Å². The fourth-order valence-corrected chi connectivity index (χ4v) is 5.37. The number of nitrogens with zero attached hydrogens (tertiary/aromatic N) is 1. The molecule has 6 nitrogen and oxygen atoms in total. The number of ether oxygens (including phenoxy) is 1. The van der Waals surface area contributed by atoms with Crippen molar-refractivity contribution in [3.8, 4) is 5.75 Å². The molecule has 0 radical (unpaired) electrons. The van der Waals surface area contributed by atoms with Crippen molar-refractivity contribution in [2.75, 3.05) is 30.3 Å². The van der Waals surface area contributed by atoms with Gasteiger partial charge >= 0.3 is 0 Å². The van der Waals surface area contributed by atoms with Crippen LogP contribution in [-0.4, -0.2) is 40.3 Å². The zero-order valence-electron chi connectivity index (χ0n) is 18.3. The molecular weight excluding hydrogens is 480 g/mol. The highest BCUT2D eigenvalue weighted by atomic mass is 35.5. The van der Waals surface area contributed by atoms with Crippen LogP contribution >= 0.6 is 23.4 Å². The number of benzene rings is 3. The van der Waals surface area contributed by atoms with Crippen LogP contribution in [0.2, 0.25) is 5.02 Å². The Balaban J connectivity index is 1.71. The number of hydrogen-bond acceptors (Lipinski definition) is 5. The van der Waals surface area contributed by atoms with Crippen molar-refractivity contribution in [3.05, 3.63) is 83.4 Å². The van der Waals surface area contributed by atoms with E-state index in [1.165, 1.54) is 30.9 Å². The number of rotatable bonds is 10. The average Bonchev–Trinajstić information content (AvgIpc) is 2.81. The van der Waals surface area contributed by atoms with E-state index < -0.39 is 15.9 Å². The number of methoxy groups -OCH3 is 1. The van der Waals surface area contributed by atoms with E-state index in [1.54, 1.807) is 42.1 Å². The van der Waals surface area contributed by atoms with Gasteiger partial charge in [0.2, 0.25) is 5.91 Å². The maximum absolute atomic E-state index is 13.4. The molecule has 0 heterocycles. The van der Waals surface area contributed by atoms with Crippen LogP contribution < -0.4 is 14.4 Å². The van der Waals surface area contributed by atoms with Gasteiger partial charge in [0.05, 0.1) is 17.7 Å². The first-order chi connectivity index (χ1) is 15.8. The minimum absolute atomic E-state index is 0.0472. The van der Waals surface area contributed by atoms with E-state index in [0.29, 0.717) is 28.8 Å². The predicted octanol–water partition coefficient (Wildman–Crippen LogP) is 4.76. The van der Waals surface area contributed by atoms with Gasteiger partial charge in [0.15, 0.2) is 0 Å². The number of halogens is 1. The topological polar surface area (TPSA) is 75.7 Å². The Hall–Kier alpha value is -2.68. The molecule has 1 amide bonds. The van der Waals surface area contributed by atoms with E-state index >= 15 is 0 Å². The molecule has 0 saturated carbocycles. The van der Waals surface area contributed by atoms with E-state index in [-0.39, 0.29) is 11.4 Å². The number of amides is 1. The van der Waals surface area contributed by atoms with Gasteiger partial charge in [0.25, 0.3) is 10.0 Å². The molecular formula is C24H25ClN2O4S2. The van der Waals surface area contributed by atoms with Crippen molar-refractivity contribution >= 4 is 45.0 Å². The average molecular weight is 505 g/mol. The SMILES string of the molecule is COc1ccc(S(=O)(=O)N(CC(=O)NCCSc2ccc(C)cc2)c2cccc(Cl)c2)cc1. The molecule has 0 aliphatic heterocycles. The third kappa shape index (κ3) is 6.90. The lowest BCUT2D eigenvalue weighted by molar-refractivity contribution is -0.119. The minimum atomic E-state index is -4.02. The molecule has 0 atom stereocenters. The second-order valence-electron chi connectivity index (χ2n) is 7.18. The Morgan fingerprint density at radius 1 is 1.06 bits per heavy atom. The molecule has 9 heteroatoms. The molecule has 174 valence electrons. The summed E-state index contributed by atoms with van der Waals surface area (Å²) in [5, 5.41) is 3.17. The van der Waals surface area contributed by atoms with E-state index in [9.17, 15) is 13.2 Å². The predicted molar refractivity (Wildman–Crippen MR) is 134 cm³/mol. The lowest BCUT2D eigenvalue weighted by atomic mass is 10.2. The molecule has 0 aliphatic rings. The molecule has 0 fully saturated rings. The summed E-state index contributed by atoms with van der Waals surface area (Å²) in [4.78, 5) is 13.8. The van der Waals surface area contributed by atoms with Crippen LogP contribution in [0.25, 0.3) is 0 Å². The number of thioether (sulfide) groups is 1. The third-order valence-electron chi connectivity index (χ3n) is 4.74. The summed E-state index contributed by atoms with van der Waals surface area (Å²) < 4.78 is 32.9. The van der Waals surface area contributed by atoms with Crippen LogP contribution in [0, 0.1) is 6.92 Å². The van der Waals surface area contributed by atoms with Gasteiger partial charge in [-0.25, -0.2) is 8.42 Å². The van der Waals surface area contributed by atoms with Crippen LogP contribution in [0.3, 0.4) is 0 Å². The molecule has 3 aromatic rings. The van der Waals surface area contributed by atoms with E-state index in [4.69, 9.17) is 16.3 Å². The summed E-state index contributed by atoms with van der Waals surface area (Å²) >= 11 is 7.71. The Labute approximate surface area is 204 Å². The first-order valence-electron chi connectivity index (χ1n) is 10.2. The minimum Gasteiger partial charge on any atom is -0.497 e. The number of anilines is 1. The highest BCUT2D eigenvalue weighted by Crippen LogP contribution is 2.27. The molecule has 33 heavy (non-hydrogen) atoms. The van der Waals surface area contributed by atoms with Crippen molar-refractivity contribution < 1.29 is 17.9 Å². The maximum Gasteiger partial charge on any atom is 0.264 e. The summed E-state index contributed by atoms with van der Waals surface area (Å²) in [6, 6.07) is 20.6. The monoisotopic (exact) mass is 504 g/mol. The number of hydrogen-bond donors (Lipinski definition) is 1. The van der Waals surface area contributed by atoms with Gasteiger partial charge in [-0.1, -0.05) is 35.4 Å². The van der Waals surface area contributed by atoms with Crippen molar-refractivity contribution in [3.63, 3.8) is 0 Å². The summed E-state index contributed by atoms with van der Waals surface area (Å²) in [5.74, 6) is 0.792. The molecule has 1 N–H and O–H groups in total. The summed E-state index contributed by atoms with van der Waals surface area (Å²) in [5.41, 5.74) is 1.49. The first kappa shape index (κ1) is 25.0. The van der Waals surface area contributed by atoms with Crippen molar-refractivity contribution in [2.45, 2.75) is 16.7 Å².